The molecule has 1 saturated heterocycles. The Kier molecular flexibility index (Phi) is 4.65. The van der Waals surface area contributed by atoms with E-state index in [9.17, 15) is 9.59 Å². The van der Waals surface area contributed by atoms with Gasteiger partial charge in [-0.05, 0) is 49.6 Å². The molecule has 0 unspecified atom stereocenters. The van der Waals surface area contributed by atoms with Gasteiger partial charge in [0, 0.05) is 31.4 Å². The van der Waals surface area contributed by atoms with Gasteiger partial charge in [0.15, 0.2) is 5.58 Å². The Labute approximate surface area is 188 Å². The van der Waals surface area contributed by atoms with Crippen molar-refractivity contribution in [1.29, 1.82) is 0 Å². The van der Waals surface area contributed by atoms with Gasteiger partial charge in [-0.15, -0.1) is 0 Å². The summed E-state index contributed by atoms with van der Waals surface area (Å²) in [5.74, 6) is 0.521. The molecule has 0 bridgehead atoms. The normalized spacial score (nSPS) is 20.6. The Morgan fingerprint density at radius 2 is 2.15 bits per heavy atom. The van der Waals surface area contributed by atoms with Crippen LogP contribution < -0.4 is 15.6 Å². The van der Waals surface area contributed by atoms with Crippen LogP contribution in [0.15, 0.2) is 52.1 Å². The molecule has 9 heteroatoms. The maximum absolute atomic E-state index is 12.2. The maximum atomic E-state index is 12.2. The number of carbonyl (C=O) groups excluding carboxylic acids is 1. The first-order chi connectivity index (χ1) is 16.0. The molecule has 1 aliphatic heterocycles. The monoisotopic (exact) mass is 445 g/mol. The van der Waals surface area contributed by atoms with Crippen molar-refractivity contribution < 1.29 is 13.9 Å². The number of hydrogen-bond donors (Lipinski definition) is 2. The number of aromatic amines is 1. The van der Waals surface area contributed by atoms with Crippen LogP contribution in [0.4, 0.5) is 0 Å². The second-order valence-corrected chi connectivity index (χ2v) is 8.81. The van der Waals surface area contributed by atoms with Gasteiger partial charge in [0.25, 0.3) is 11.5 Å². The van der Waals surface area contributed by atoms with Gasteiger partial charge in [0.05, 0.1) is 23.4 Å². The highest BCUT2D eigenvalue weighted by atomic mass is 16.5. The lowest BCUT2D eigenvalue weighted by molar-refractivity contribution is -0.0415. The van der Waals surface area contributed by atoms with E-state index in [1.807, 2.05) is 12.3 Å². The van der Waals surface area contributed by atoms with Crippen LogP contribution >= 0.6 is 0 Å². The highest BCUT2D eigenvalue weighted by Gasteiger charge is 2.37. The minimum Gasteiger partial charge on any atom is -0.486 e. The molecule has 4 aromatic heterocycles. The molecule has 0 radical (unpaired) electrons. The predicted molar refractivity (Wildman–Crippen MR) is 121 cm³/mol. The Morgan fingerprint density at radius 1 is 1.27 bits per heavy atom. The third-order valence-corrected chi connectivity index (χ3v) is 6.40. The number of H-pyrrole nitrogens is 1. The van der Waals surface area contributed by atoms with Crippen LogP contribution in [0, 0.1) is 0 Å². The Hall–Kier alpha value is -3.72. The van der Waals surface area contributed by atoms with E-state index < -0.39 is 0 Å². The average Bonchev–Trinajstić information content (AvgIpc) is 3.49. The fourth-order valence-corrected chi connectivity index (χ4v) is 4.20. The lowest BCUT2D eigenvalue weighted by Gasteiger charge is -2.45. The van der Waals surface area contributed by atoms with Crippen LogP contribution in [0.5, 0.6) is 5.75 Å². The van der Waals surface area contributed by atoms with E-state index in [0.717, 1.165) is 24.9 Å². The number of nitrogens with one attached hydrogen (secondary N) is 2. The molecule has 2 aliphatic rings. The second kappa shape index (κ2) is 7.70. The summed E-state index contributed by atoms with van der Waals surface area (Å²) in [5.41, 5.74) is 3.06. The molecule has 168 valence electrons. The number of likely N-dealkylation sites (tertiary alicyclic amines) is 1. The second-order valence-electron chi connectivity index (χ2n) is 8.81. The molecule has 2 atom stereocenters. The van der Waals surface area contributed by atoms with Crippen molar-refractivity contribution in [2.45, 2.75) is 44.5 Å². The first-order valence-electron chi connectivity index (χ1n) is 11.1. The summed E-state index contributed by atoms with van der Waals surface area (Å²) in [5, 5.41) is 3.44. The molecule has 1 aliphatic carbocycles. The first kappa shape index (κ1) is 19.9. The van der Waals surface area contributed by atoms with E-state index in [-0.39, 0.29) is 23.6 Å². The molecule has 5 heterocycles. The van der Waals surface area contributed by atoms with E-state index in [0.29, 0.717) is 46.0 Å². The van der Waals surface area contributed by atoms with Crippen molar-refractivity contribution in [1.82, 2.24) is 25.2 Å². The predicted octanol–water partition coefficient (Wildman–Crippen LogP) is 2.61. The highest BCUT2D eigenvalue weighted by molar-refractivity contribution is 5.99. The Bertz CT molecular complexity index is 1410. The standard InChI is InChI=1S/C24H23N5O4/c1-13-20(33-16-4-5-18(25-10-16)24(31)27-15-2-3-15)12-29(13)11-14-8-19-21(26-9-14)22-17(6-7-32-22)23(30)28-19/h4-10,13,15,20H,2-3,11-12H2,1H3,(H,27,31)(H,28,30)/t13-,20+/m1/s1. The number of hydrogen-bond acceptors (Lipinski definition) is 7. The van der Waals surface area contributed by atoms with E-state index in [1.54, 1.807) is 24.4 Å². The molecule has 1 amide bonds. The minimum atomic E-state index is -0.180. The van der Waals surface area contributed by atoms with Crippen LogP contribution in [-0.2, 0) is 6.54 Å². The van der Waals surface area contributed by atoms with Gasteiger partial charge in [-0.3, -0.25) is 19.5 Å². The number of fused-ring (bicyclic) bond motifs is 3. The lowest BCUT2D eigenvalue weighted by atomic mass is 10.00. The Balaban J connectivity index is 1.09. The van der Waals surface area contributed by atoms with E-state index in [4.69, 9.17) is 9.15 Å². The van der Waals surface area contributed by atoms with E-state index in [1.165, 1.54) is 6.26 Å². The van der Waals surface area contributed by atoms with Gasteiger partial charge in [-0.25, -0.2) is 4.98 Å². The molecular weight excluding hydrogens is 422 g/mol. The number of furan rings is 1. The first-order valence-corrected chi connectivity index (χ1v) is 11.1. The van der Waals surface area contributed by atoms with Gasteiger partial charge in [0.1, 0.15) is 23.1 Å². The average molecular weight is 445 g/mol. The number of pyridine rings is 3. The van der Waals surface area contributed by atoms with Gasteiger partial charge in [0.2, 0.25) is 0 Å². The van der Waals surface area contributed by atoms with Crippen LogP contribution in [0.2, 0.25) is 0 Å². The third-order valence-electron chi connectivity index (χ3n) is 6.40. The zero-order valence-corrected chi connectivity index (χ0v) is 18.1. The maximum Gasteiger partial charge on any atom is 0.270 e. The summed E-state index contributed by atoms with van der Waals surface area (Å²) in [7, 11) is 0. The van der Waals surface area contributed by atoms with Gasteiger partial charge in [-0.2, -0.15) is 0 Å². The highest BCUT2D eigenvalue weighted by Crippen LogP contribution is 2.27. The molecule has 2 N–H and O–H groups in total. The summed E-state index contributed by atoms with van der Waals surface area (Å²) in [6, 6.07) is 7.60. The topological polar surface area (TPSA) is 113 Å². The van der Waals surface area contributed by atoms with Crippen molar-refractivity contribution in [3.05, 3.63) is 64.5 Å². The lowest BCUT2D eigenvalue weighted by Crippen LogP contribution is -2.60. The van der Waals surface area contributed by atoms with Crippen molar-refractivity contribution in [2.24, 2.45) is 0 Å². The number of aromatic nitrogens is 3. The van der Waals surface area contributed by atoms with Crippen molar-refractivity contribution in [3.63, 3.8) is 0 Å². The van der Waals surface area contributed by atoms with Crippen LogP contribution in [0.25, 0.3) is 22.0 Å². The molecule has 9 nitrogen and oxygen atoms in total. The van der Waals surface area contributed by atoms with Crippen LogP contribution in [0.3, 0.4) is 0 Å². The molecule has 1 saturated carbocycles. The van der Waals surface area contributed by atoms with Crippen LogP contribution in [0.1, 0.15) is 35.8 Å². The summed E-state index contributed by atoms with van der Waals surface area (Å²) < 4.78 is 11.5. The van der Waals surface area contributed by atoms with Crippen molar-refractivity contribution in [3.8, 4) is 5.75 Å². The quantitative estimate of drug-likeness (QED) is 0.469. The van der Waals surface area contributed by atoms with Gasteiger partial charge >= 0.3 is 0 Å². The summed E-state index contributed by atoms with van der Waals surface area (Å²) in [6.45, 7) is 3.57. The number of nitrogens with zero attached hydrogens (tertiary/aromatic N) is 3. The van der Waals surface area contributed by atoms with Crippen molar-refractivity contribution in [2.75, 3.05) is 6.54 Å². The number of rotatable bonds is 6. The molecule has 6 rings (SSSR count). The molecule has 0 aromatic carbocycles. The number of carbonyl (C=O) groups is 1. The SMILES string of the molecule is C[C@@H]1[C@@H](Oc2ccc(C(=O)NC3CC3)nc2)CN1Cc1cnc2c(c1)[nH]c(=O)c1ccoc12. The van der Waals surface area contributed by atoms with Gasteiger partial charge < -0.3 is 19.5 Å². The third kappa shape index (κ3) is 3.74. The molecule has 0 spiro atoms. The molecule has 33 heavy (non-hydrogen) atoms. The molecule has 4 aromatic rings. The minimum absolute atomic E-state index is 0.0360. The number of amides is 1. The van der Waals surface area contributed by atoms with Gasteiger partial charge in [-0.1, -0.05) is 0 Å². The smallest absolute Gasteiger partial charge is 0.270 e. The van der Waals surface area contributed by atoms with Crippen LogP contribution in [-0.4, -0.2) is 50.5 Å². The Morgan fingerprint density at radius 3 is 2.91 bits per heavy atom. The zero-order chi connectivity index (χ0) is 22.5. The van der Waals surface area contributed by atoms with Crippen molar-refractivity contribution >= 4 is 27.9 Å². The molecular formula is C24H23N5O4. The molecule has 2 fully saturated rings. The fraction of sp³-hybridized carbons (Fsp3) is 0.333. The summed E-state index contributed by atoms with van der Waals surface area (Å²) >= 11 is 0. The number of ether oxygens (including phenoxy) is 1. The fourth-order valence-electron chi connectivity index (χ4n) is 4.20. The largest absolute Gasteiger partial charge is 0.486 e. The summed E-state index contributed by atoms with van der Waals surface area (Å²) in [4.78, 5) is 38.2. The van der Waals surface area contributed by atoms with E-state index in [2.05, 4.69) is 32.1 Å². The summed E-state index contributed by atoms with van der Waals surface area (Å²) in [6.07, 6.45) is 7.06. The van der Waals surface area contributed by atoms with E-state index >= 15 is 0 Å². The zero-order valence-electron chi connectivity index (χ0n) is 18.1.